The van der Waals surface area contributed by atoms with E-state index in [2.05, 4.69) is 24.0 Å². The second-order valence-corrected chi connectivity index (χ2v) is 6.43. The lowest BCUT2D eigenvalue weighted by atomic mass is 9.77. The van der Waals surface area contributed by atoms with Gasteiger partial charge in [0.05, 0.1) is 5.60 Å². The van der Waals surface area contributed by atoms with Crippen LogP contribution in [0.2, 0.25) is 0 Å². The van der Waals surface area contributed by atoms with Gasteiger partial charge in [-0.25, -0.2) is 0 Å². The zero-order valence-electron chi connectivity index (χ0n) is 15.3. The molecular weight excluding hydrogens is 298 g/mol. The molecule has 0 heterocycles. The van der Waals surface area contributed by atoms with Gasteiger partial charge in [-0.2, -0.15) is 0 Å². The molecule has 2 rings (SSSR count). The van der Waals surface area contributed by atoms with E-state index < -0.39 is 5.60 Å². The van der Waals surface area contributed by atoms with Gasteiger partial charge in [0.25, 0.3) is 0 Å². The second-order valence-electron chi connectivity index (χ2n) is 6.43. The highest BCUT2D eigenvalue weighted by Gasteiger charge is 2.35. The molecule has 0 fully saturated rings. The Labute approximate surface area is 146 Å². The summed E-state index contributed by atoms with van der Waals surface area (Å²) in [4.78, 5) is 2.13. The molecule has 2 atom stereocenters. The summed E-state index contributed by atoms with van der Waals surface area (Å²) in [6, 6.07) is 20.2. The highest BCUT2D eigenvalue weighted by atomic mass is 16.3. The Bertz CT molecular complexity index is 557. The Morgan fingerprint density at radius 2 is 1.42 bits per heavy atom. The van der Waals surface area contributed by atoms with Gasteiger partial charge < -0.3 is 15.1 Å². The quantitative estimate of drug-likeness (QED) is 0.854. The van der Waals surface area contributed by atoms with Crippen molar-refractivity contribution >= 4 is 0 Å². The predicted molar refractivity (Wildman–Crippen MR) is 101 cm³/mol. The fourth-order valence-corrected chi connectivity index (χ4v) is 2.89. The van der Waals surface area contributed by atoms with Crippen LogP contribution < -0.4 is 0 Å². The maximum Gasteiger partial charge on any atom is 0.0974 e. The lowest BCUT2D eigenvalue weighted by molar-refractivity contribution is -0.0254. The van der Waals surface area contributed by atoms with Crippen LogP contribution in [-0.2, 0) is 12.0 Å². The van der Waals surface area contributed by atoms with E-state index in [-0.39, 0.29) is 12.5 Å². The van der Waals surface area contributed by atoms with E-state index in [1.165, 1.54) is 0 Å². The normalized spacial score (nSPS) is 14.5. The Kier molecular flexibility index (Phi) is 8.69. The Morgan fingerprint density at radius 1 is 0.958 bits per heavy atom. The molecule has 2 unspecified atom stereocenters. The van der Waals surface area contributed by atoms with Gasteiger partial charge in [-0.3, -0.25) is 0 Å². The number of aliphatic hydroxyl groups excluding tert-OH is 1. The van der Waals surface area contributed by atoms with Gasteiger partial charge in [0.2, 0.25) is 0 Å². The fourth-order valence-electron chi connectivity index (χ4n) is 2.89. The minimum atomic E-state index is -0.854. The summed E-state index contributed by atoms with van der Waals surface area (Å²) in [6.07, 6.45) is 0.632. The highest BCUT2D eigenvalue weighted by Crippen LogP contribution is 2.33. The van der Waals surface area contributed by atoms with Crippen LogP contribution >= 0.6 is 0 Å². The zero-order chi connectivity index (χ0) is 18.0. The first-order valence-electron chi connectivity index (χ1n) is 8.51. The molecule has 132 valence electrons. The monoisotopic (exact) mass is 329 g/mol. The van der Waals surface area contributed by atoms with Crippen LogP contribution in [0.1, 0.15) is 25.0 Å². The number of rotatable bonds is 6. The molecule has 0 bridgehead atoms. The van der Waals surface area contributed by atoms with Crippen LogP contribution in [-0.4, -0.2) is 42.4 Å². The second kappa shape index (κ2) is 10.2. The molecule has 3 nitrogen and oxygen atoms in total. The molecule has 0 aliphatic carbocycles. The third-order valence-corrected chi connectivity index (χ3v) is 4.04. The maximum absolute atomic E-state index is 11.4. The molecule has 0 aliphatic heterocycles. The molecule has 0 spiro atoms. The van der Waals surface area contributed by atoms with E-state index in [1.807, 2.05) is 62.6 Å². The van der Waals surface area contributed by atoms with Gasteiger partial charge in [0.1, 0.15) is 0 Å². The number of aliphatic hydroxyl groups is 2. The Morgan fingerprint density at radius 3 is 1.88 bits per heavy atom. The zero-order valence-corrected chi connectivity index (χ0v) is 15.3. The summed E-state index contributed by atoms with van der Waals surface area (Å²) < 4.78 is 0. The minimum absolute atomic E-state index is 0.134. The summed E-state index contributed by atoms with van der Waals surface area (Å²) >= 11 is 0. The van der Waals surface area contributed by atoms with E-state index in [1.54, 1.807) is 6.92 Å². The summed E-state index contributed by atoms with van der Waals surface area (Å²) in [5.74, 6) is 0.134. The van der Waals surface area contributed by atoms with Gasteiger partial charge in [0.15, 0.2) is 0 Å². The van der Waals surface area contributed by atoms with E-state index in [0.717, 1.165) is 17.7 Å². The van der Waals surface area contributed by atoms with Crippen molar-refractivity contribution in [1.29, 1.82) is 0 Å². The van der Waals surface area contributed by atoms with Crippen molar-refractivity contribution in [2.45, 2.75) is 25.9 Å². The topological polar surface area (TPSA) is 43.7 Å². The third kappa shape index (κ3) is 6.08. The summed E-state index contributed by atoms with van der Waals surface area (Å²) in [5, 5.41) is 19.0. The number of nitrogens with zero attached hydrogens (tertiary/aromatic N) is 1. The van der Waals surface area contributed by atoms with Crippen molar-refractivity contribution in [3.05, 3.63) is 71.8 Å². The van der Waals surface area contributed by atoms with E-state index in [0.29, 0.717) is 6.42 Å². The first-order chi connectivity index (χ1) is 11.4. The average molecular weight is 329 g/mol. The molecule has 0 aliphatic rings. The molecule has 2 N–H and O–H groups in total. The van der Waals surface area contributed by atoms with E-state index in [9.17, 15) is 5.11 Å². The predicted octanol–water partition coefficient (Wildman–Crippen LogP) is 3.31. The smallest absolute Gasteiger partial charge is 0.0974 e. The van der Waals surface area contributed by atoms with Crippen molar-refractivity contribution in [2.75, 3.05) is 27.2 Å². The summed E-state index contributed by atoms with van der Waals surface area (Å²) in [7, 11) is 4.09. The molecule has 0 saturated carbocycles. The third-order valence-electron chi connectivity index (χ3n) is 4.04. The van der Waals surface area contributed by atoms with Crippen molar-refractivity contribution in [3.8, 4) is 0 Å². The van der Waals surface area contributed by atoms with Crippen LogP contribution in [0.25, 0.3) is 0 Å². The molecule has 3 heteroatoms. The maximum atomic E-state index is 11.4. The molecule has 0 saturated heterocycles. The molecule has 0 aromatic heterocycles. The van der Waals surface area contributed by atoms with Gasteiger partial charge in [0, 0.05) is 25.5 Å². The van der Waals surface area contributed by atoms with Gasteiger partial charge >= 0.3 is 0 Å². The Hall–Kier alpha value is -1.68. The van der Waals surface area contributed by atoms with E-state index in [4.69, 9.17) is 5.11 Å². The van der Waals surface area contributed by atoms with Crippen molar-refractivity contribution in [3.63, 3.8) is 0 Å². The van der Waals surface area contributed by atoms with Gasteiger partial charge in [-0.05, 0) is 32.1 Å². The largest absolute Gasteiger partial charge is 0.397 e. The van der Waals surface area contributed by atoms with Gasteiger partial charge in [-0.1, -0.05) is 67.6 Å². The first kappa shape index (κ1) is 20.4. The van der Waals surface area contributed by atoms with Crippen LogP contribution in [0.4, 0.5) is 0 Å². The van der Waals surface area contributed by atoms with Crippen molar-refractivity contribution < 1.29 is 10.2 Å². The fraction of sp³-hybridized carbons (Fsp3) is 0.429. The summed E-state index contributed by atoms with van der Waals surface area (Å²) in [5.41, 5.74) is 1.30. The average Bonchev–Trinajstić information content (AvgIpc) is 2.56. The Balaban J connectivity index is 0.000000891. The SMILES string of the molecule is CC(CN(C)C)C(O)(Cc1ccccc1)c1ccccc1.CCO. The number of hydrogen-bond donors (Lipinski definition) is 2. The summed E-state index contributed by atoms with van der Waals surface area (Å²) in [6.45, 7) is 4.90. The molecule has 0 amide bonds. The van der Waals surface area contributed by atoms with Crippen molar-refractivity contribution in [1.82, 2.24) is 4.90 Å². The first-order valence-corrected chi connectivity index (χ1v) is 8.51. The lowest BCUT2D eigenvalue weighted by Crippen LogP contribution is -2.41. The van der Waals surface area contributed by atoms with Gasteiger partial charge in [-0.15, -0.1) is 0 Å². The standard InChI is InChI=1S/C19H25NO.C2H6O/c1-16(15-20(2)3)19(21,18-12-8-5-9-13-18)14-17-10-6-4-7-11-17;1-2-3/h4-13,16,21H,14-15H2,1-3H3;3H,2H2,1H3. The van der Waals surface area contributed by atoms with Crippen LogP contribution in [0.15, 0.2) is 60.7 Å². The molecule has 2 aromatic rings. The van der Waals surface area contributed by atoms with E-state index >= 15 is 0 Å². The van der Waals surface area contributed by atoms with Crippen LogP contribution in [0.3, 0.4) is 0 Å². The highest BCUT2D eigenvalue weighted by molar-refractivity contribution is 5.27. The number of benzene rings is 2. The molecule has 24 heavy (non-hydrogen) atoms. The molecule has 2 aromatic carbocycles. The number of hydrogen-bond acceptors (Lipinski definition) is 3. The minimum Gasteiger partial charge on any atom is -0.397 e. The van der Waals surface area contributed by atoms with Crippen molar-refractivity contribution in [2.24, 2.45) is 5.92 Å². The molecule has 0 radical (unpaired) electrons. The molecular formula is C21H31NO2. The lowest BCUT2D eigenvalue weighted by Gasteiger charge is -2.36. The van der Waals surface area contributed by atoms with Crippen LogP contribution in [0, 0.1) is 5.92 Å². The van der Waals surface area contributed by atoms with Crippen LogP contribution in [0.5, 0.6) is 0 Å².